The van der Waals surface area contributed by atoms with Gasteiger partial charge in [0.1, 0.15) is 17.5 Å². The van der Waals surface area contributed by atoms with Gasteiger partial charge in [-0.2, -0.15) is 5.10 Å². The molecule has 3 N–H and O–H groups in total. The number of phenolic OH excluding ortho intramolecular Hbond substituents is 1. The standard InChI is InChI=1S/C18H21N3O3/c1-3-24-17-10-6-15(7-11-17)20-13(2)18(23)21-19-12-14-4-8-16(22)9-5-14/h4-13,20,22H,3H2,1-2H3,(H,21,23)/b19-12-/t13-/m0/s1. The maximum Gasteiger partial charge on any atom is 0.262 e. The summed E-state index contributed by atoms with van der Waals surface area (Å²) in [6.07, 6.45) is 1.51. The van der Waals surface area contributed by atoms with Crippen LogP contribution in [-0.4, -0.2) is 29.9 Å². The first-order valence-electron chi connectivity index (χ1n) is 7.70. The van der Waals surface area contributed by atoms with Crippen LogP contribution in [0.1, 0.15) is 19.4 Å². The summed E-state index contributed by atoms with van der Waals surface area (Å²) in [5.74, 6) is 0.724. The summed E-state index contributed by atoms with van der Waals surface area (Å²) < 4.78 is 5.37. The molecule has 24 heavy (non-hydrogen) atoms. The Kier molecular flexibility index (Phi) is 6.19. The Hall–Kier alpha value is -3.02. The Morgan fingerprint density at radius 1 is 1.21 bits per heavy atom. The first-order chi connectivity index (χ1) is 11.6. The van der Waals surface area contributed by atoms with Crippen LogP contribution in [0.25, 0.3) is 0 Å². The van der Waals surface area contributed by atoms with Crippen LogP contribution in [0.2, 0.25) is 0 Å². The van der Waals surface area contributed by atoms with E-state index >= 15 is 0 Å². The second kappa shape index (κ2) is 8.57. The van der Waals surface area contributed by atoms with Crippen molar-refractivity contribution in [2.45, 2.75) is 19.9 Å². The number of carbonyl (C=O) groups is 1. The molecule has 1 amide bonds. The molecule has 0 bridgehead atoms. The van der Waals surface area contributed by atoms with E-state index in [-0.39, 0.29) is 11.7 Å². The molecule has 2 rings (SSSR count). The smallest absolute Gasteiger partial charge is 0.262 e. The first kappa shape index (κ1) is 17.3. The van der Waals surface area contributed by atoms with Gasteiger partial charge in [-0.25, -0.2) is 5.43 Å². The molecule has 0 aliphatic rings. The molecule has 0 aromatic heterocycles. The molecule has 0 unspecified atom stereocenters. The van der Waals surface area contributed by atoms with Crippen molar-refractivity contribution in [1.29, 1.82) is 0 Å². The lowest BCUT2D eigenvalue weighted by molar-refractivity contribution is -0.121. The lowest BCUT2D eigenvalue weighted by Gasteiger charge is -2.13. The number of hydrogen-bond acceptors (Lipinski definition) is 5. The number of anilines is 1. The predicted molar refractivity (Wildman–Crippen MR) is 94.5 cm³/mol. The topological polar surface area (TPSA) is 83.0 Å². The second-order valence-corrected chi connectivity index (χ2v) is 5.15. The Balaban J connectivity index is 1.84. The van der Waals surface area contributed by atoms with Gasteiger partial charge in [0.05, 0.1) is 12.8 Å². The number of aromatic hydroxyl groups is 1. The number of hydrogen-bond donors (Lipinski definition) is 3. The molecule has 0 saturated heterocycles. The number of benzene rings is 2. The van der Waals surface area contributed by atoms with Crippen molar-refractivity contribution in [3.8, 4) is 11.5 Å². The van der Waals surface area contributed by atoms with Gasteiger partial charge in [0.15, 0.2) is 0 Å². The van der Waals surface area contributed by atoms with Crippen molar-refractivity contribution in [2.75, 3.05) is 11.9 Å². The van der Waals surface area contributed by atoms with Crippen molar-refractivity contribution < 1.29 is 14.6 Å². The third kappa shape index (κ3) is 5.31. The van der Waals surface area contributed by atoms with Crippen molar-refractivity contribution >= 4 is 17.8 Å². The fraction of sp³-hybridized carbons (Fsp3) is 0.222. The lowest BCUT2D eigenvalue weighted by Crippen LogP contribution is -2.34. The molecule has 0 aliphatic carbocycles. The minimum absolute atomic E-state index is 0.185. The maximum absolute atomic E-state index is 12.0. The molecule has 1 atom stereocenters. The van der Waals surface area contributed by atoms with Crippen LogP contribution >= 0.6 is 0 Å². The van der Waals surface area contributed by atoms with E-state index in [9.17, 15) is 9.90 Å². The van der Waals surface area contributed by atoms with Gasteiger partial charge >= 0.3 is 0 Å². The fourth-order valence-corrected chi connectivity index (χ4v) is 1.96. The summed E-state index contributed by atoms with van der Waals surface area (Å²) in [5, 5.41) is 16.2. The van der Waals surface area contributed by atoms with E-state index in [2.05, 4.69) is 15.8 Å². The number of rotatable bonds is 7. The van der Waals surface area contributed by atoms with Gasteiger partial charge in [0, 0.05) is 5.69 Å². The van der Waals surface area contributed by atoms with Gasteiger partial charge in [0.25, 0.3) is 5.91 Å². The molecule has 2 aromatic carbocycles. The molecule has 0 fully saturated rings. The monoisotopic (exact) mass is 327 g/mol. The van der Waals surface area contributed by atoms with E-state index in [0.29, 0.717) is 6.61 Å². The van der Waals surface area contributed by atoms with Gasteiger partial charge < -0.3 is 15.2 Å². The Bertz CT molecular complexity index is 682. The zero-order valence-electron chi connectivity index (χ0n) is 13.7. The van der Waals surface area contributed by atoms with Gasteiger partial charge in [-0.15, -0.1) is 0 Å². The summed E-state index contributed by atoms with van der Waals surface area (Å²) in [5.41, 5.74) is 4.08. The molecule has 0 saturated carbocycles. The fourth-order valence-electron chi connectivity index (χ4n) is 1.96. The number of hydrazone groups is 1. The number of ether oxygens (including phenoxy) is 1. The average Bonchev–Trinajstić information content (AvgIpc) is 2.58. The number of nitrogens with one attached hydrogen (secondary N) is 2. The van der Waals surface area contributed by atoms with Gasteiger partial charge in [0.2, 0.25) is 0 Å². The molecule has 126 valence electrons. The second-order valence-electron chi connectivity index (χ2n) is 5.15. The number of carbonyl (C=O) groups excluding carboxylic acids is 1. The summed E-state index contributed by atoms with van der Waals surface area (Å²) in [4.78, 5) is 12.0. The van der Waals surface area contributed by atoms with Crippen LogP contribution in [0, 0.1) is 0 Å². The molecular weight excluding hydrogens is 306 g/mol. The zero-order chi connectivity index (χ0) is 17.4. The van der Waals surface area contributed by atoms with Crippen molar-refractivity contribution in [1.82, 2.24) is 5.43 Å². The van der Waals surface area contributed by atoms with E-state index in [4.69, 9.17) is 4.74 Å². The molecule has 6 heteroatoms. The Morgan fingerprint density at radius 2 is 1.88 bits per heavy atom. The van der Waals surface area contributed by atoms with E-state index in [1.165, 1.54) is 6.21 Å². The predicted octanol–water partition coefficient (Wildman–Crippen LogP) is 2.74. The van der Waals surface area contributed by atoms with Crippen molar-refractivity contribution in [3.63, 3.8) is 0 Å². The van der Waals surface area contributed by atoms with Crippen molar-refractivity contribution in [3.05, 3.63) is 54.1 Å². The third-order valence-corrected chi connectivity index (χ3v) is 3.22. The molecule has 6 nitrogen and oxygen atoms in total. The Morgan fingerprint density at radius 3 is 2.50 bits per heavy atom. The van der Waals surface area contributed by atoms with Crippen LogP contribution in [0.5, 0.6) is 11.5 Å². The number of amides is 1. The largest absolute Gasteiger partial charge is 0.508 e. The molecule has 0 heterocycles. The van der Waals surface area contributed by atoms with Gasteiger partial charge in [-0.3, -0.25) is 4.79 Å². The summed E-state index contributed by atoms with van der Waals surface area (Å²) >= 11 is 0. The van der Waals surface area contributed by atoms with E-state index in [0.717, 1.165) is 17.0 Å². The van der Waals surface area contributed by atoms with Crippen LogP contribution in [0.4, 0.5) is 5.69 Å². The average molecular weight is 327 g/mol. The summed E-state index contributed by atoms with van der Waals surface area (Å²) in [6, 6.07) is 13.5. The first-order valence-corrected chi connectivity index (χ1v) is 7.70. The zero-order valence-corrected chi connectivity index (χ0v) is 13.7. The third-order valence-electron chi connectivity index (χ3n) is 3.22. The highest BCUT2D eigenvalue weighted by molar-refractivity contribution is 5.86. The highest BCUT2D eigenvalue weighted by Crippen LogP contribution is 2.16. The van der Waals surface area contributed by atoms with E-state index < -0.39 is 6.04 Å². The molecule has 0 radical (unpaired) electrons. The Labute approximate surface area is 141 Å². The van der Waals surface area contributed by atoms with Crippen LogP contribution in [0.15, 0.2) is 53.6 Å². The van der Waals surface area contributed by atoms with Crippen molar-refractivity contribution in [2.24, 2.45) is 5.10 Å². The van der Waals surface area contributed by atoms with Gasteiger partial charge in [-0.1, -0.05) is 0 Å². The minimum Gasteiger partial charge on any atom is -0.508 e. The molecule has 0 aliphatic heterocycles. The quantitative estimate of drug-likeness (QED) is 0.539. The van der Waals surface area contributed by atoms with E-state index in [1.807, 2.05) is 31.2 Å². The normalized spacial score (nSPS) is 11.9. The maximum atomic E-state index is 12.0. The molecule has 2 aromatic rings. The highest BCUT2D eigenvalue weighted by Gasteiger charge is 2.11. The van der Waals surface area contributed by atoms with E-state index in [1.54, 1.807) is 31.2 Å². The lowest BCUT2D eigenvalue weighted by atomic mass is 10.2. The SMILES string of the molecule is CCOc1ccc(N[C@@H](C)C(=O)N/N=C\c2ccc(O)cc2)cc1. The molecular formula is C18H21N3O3. The summed E-state index contributed by atoms with van der Waals surface area (Å²) in [7, 11) is 0. The number of nitrogens with zero attached hydrogens (tertiary/aromatic N) is 1. The van der Waals surface area contributed by atoms with Crippen LogP contribution in [-0.2, 0) is 4.79 Å². The molecule has 0 spiro atoms. The highest BCUT2D eigenvalue weighted by atomic mass is 16.5. The summed E-state index contributed by atoms with van der Waals surface area (Å²) in [6.45, 7) is 4.30. The minimum atomic E-state index is -0.445. The number of phenols is 1. The van der Waals surface area contributed by atoms with Gasteiger partial charge in [-0.05, 0) is 67.9 Å². The van der Waals surface area contributed by atoms with Crippen LogP contribution in [0.3, 0.4) is 0 Å². The van der Waals surface area contributed by atoms with Crippen LogP contribution < -0.4 is 15.5 Å².